The minimum absolute atomic E-state index is 0.0341. The summed E-state index contributed by atoms with van der Waals surface area (Å²) < 4.78 is 4.74. The highest BCUT2D eigenvalue weighted by Crippen LogP contribution is 2.34. The van der Waals surface area contributed by atoms with Crippen LogP contribution in [0.2, 0.25) is 0 Å². The molecule has 0 radical (unpaired) electrons. The molecule has 6 nitrogen and oxygen atoms in total. The van der Waals surface area contributed by atoms with E-state index in [1.54, 1.807) is 4.90 Å². The highest BCUT2D eigenvalue weighted by Gasteiger charge is 2.30. The number of nitrogens with zero attached hydrogens (tertiary/aromatic N) is 2. The molecule has 2 aliphatic rings. The molecular formula is C18H25N3O3. The van der Waals surface area contributed by atoms with Crippen molar-refractivity contribution in [3.8, 4) is 0 Å². The Morgan fingerprint density at radius 1 is 1.21 bits per heavy atom. The van der Waals surface area contributed by atoms with Crippen molar-refractivity contribution < 1.29 is 14.3 Å². The Morgan fingerprint density at radius 3 is 2.62 bits per heavy atom. The van der Waals surface area contributed by atoms with Gasteiger partial charge in [0.2, 0.25) is 0 Å². The summed E-state index contributed by atoms with van der Waals surface area (Å²) in [5.74, 6) is 0. The third-order valence-corrected chi connectivity index (χ3v) is 5.14. The van der Waals surface area contributed by atoms with Crippen LogP contribution in [0.4, 0.5) is 9.59 Å². The normalized spacial score (nSPS) is 20.4. The molecular weight excluding hydrogens is 306 g/mol. The van der Waals surface area contributed by atoms with Crippen molar-refractivity contribution in [2.75, 3.05) is 27.2 Å². The molecule has 1 heterocycles. The van der Waals surface area contributed by atoms with Crippen LogP contribution in [0, 0.1) is 0 Å². The van der Waals surface area contributed by atoms with Crippen LogP contribution in [0.25, 0.3) is 0 Å². The second kappa shape index (κ2) is 7.11. The Hall–Kier alpha value is -2.24. The first-order valence-corrected chi connectivity index (χ1v) is 8.54. The molecule has 0 aromatic heterocycles. The van der Waals surface area contributed by atoms with E-state index in [0.717, 1.165) is 25.7 Å². The van der Waals surface area contributed by atoms with Crippen LogP contribution in [0.3, 0.4) is 0 Å². The summed E-state index contributed by atoms with van der Waals surface area (Å²) in [5, 5.41) is 3.11. The van der Waals surface area contributed by atoms with Crippen LogP contribution in [-0.2, 0) is 11.2 Å². The Balaban J connectivity index is 1.54. The van der Waals surface area contributed by atoms with Gasteiger partial charge in [0.1, 0.15) is 0 Å². The summed E-state index contributed by atoms with van der Waals surface area (Å²) in [6.45, 7) is 1.24. The number of benzene rings is 1. The number of ether oxygens (including phenoxy) is 1. The topological polar surface area (TPSA) is 61.9 Å². The van der Waals surface area contributed by atoms with Gasteiger partial charge in [0, 0.05) is 26.2 Å². The minimum atomic E-state index is -0.292. The lowest BCUT2D eigenvalue weighted by Gasteiger charge is -2.33. The van der Waals surface area contributed by atoms with E-state index in [1.165, 1.54) is 18.2 Å². The predicted octanol–water partition coefficient (Wildman–Crippen LogP) is 2.55. The minimum Gasteiger partial charge on any atom is -0.453 e. The van der Waals surface area contributed by atoms with Gasteiger partial charge in [-0.1, -0.05) is 24.3 Å². The Labute approximate surface area is 142 Å². The Bertz CT molecular complexity index is 611. The quantitative estimate of drug-likeness (QED) is 0.906. The highest BCUT2D eigenvalue weighted by molar-refractivity contribution is 5.75. The zero-order valence-electron chi connectivity index (χ0n) is 14.3. The van der Waals surface area contributed by atoms with Crippen LogP contribution >= 0.6 is 0 Å². The largest absolute Gasteiger partial charge is 0.453 e. The van der Waals surface area contributed by atoms with E-state index in [2.05, 4.69) is 23.5 Å². The standard InChI is InChI=1S/C18H25N3O3/c1-20(16-8-7-13-5-3-4-6-15(13)16)17(22)19-14-9-11-21(12-10-14)18(23)24-2/h3-6,14,16H,7-12H2,1-2H3,(H,19,22)/t16-/m1/s1. The molecule has 1 aliphatic carbocycles. The molecule has 24 heavy (non-hydrogen) atoms. The van der Waals surface area contributed by atoms with Gasteiger partial charge in [-0.2, -0.15) is 0 Å². The van der Waals surface area contributed by atoms with Gasteiger partial charge >= 0.3 is 12.1 Å². The van der Waals surface area contributed by atoms with Crippen LogP contribution in [0.5, 0.6) is 0 Å². The molecule has 6 heteroatoms. The van der Waals surface area contributed by atoms with Gasteiger partial charge in [-0.3, -0.25) is 0 Å². The van der Waals surface area contributed by atoms with E-state index >= 15 is 0 Å². The maximum absolute atomic E-state index is 12.6. The van der Waals surface area contributed by atoms with E-state index in [9.17, 15) is 9.59 Å². The van der Waals surface area contributed by atoms with E-state index in [-0.39, 0.29) is 24.2 Å². The average Bonchev–Trinajstić information content (AvgIpc) is 3.05. The molecule has 1 aliphatic heterocycles. The maximum atomic E-state index is 12.6. The van der Waals surface area contributed by atoms with Crippen LogP contribution < -0.4 is 5.32 Å². The first-order chi connectivity index (χ1) is 11.6. The number of urea groups is 1. The average molecular weight is 331 g/mol. The van der Waals surface area contributed by atoms with Gasteiger partial charge in [0.05, 0.1) is 13.2 Å². The lowest BCUT2D eigenvalue weighted by molar-refractivity contribution is 0.109. The van der Waals surface area contributed by atoms with Gasteiger partial charge in [-0.25, -0.2) is 9.59 Å². The van der Waals surface area contributed by atoms with Gasteiger partial charge in [-0.05, 0) is 36.8 Å². The molecule has 0 saturated carbocycles. The van der Waals surface area contributed by atoms with Gasteiger partial charge in [0.25, 0.3) is 0 Å². The molecule has 0 bridgehead atoms. The number of nitrogens with one attached hydrogen (secondary N) is 1. The third-order valence-electron chi connectivity index (χ3n) is 5.14. The summed E-state index contributed by atoms with van der Waals surface area (Å²) in [4.78, 5) is 27.6. The van der Waals surface area contributed by atoms with Crippen molar-refractivity contribution in [1.82, 2.24) is 15.1 Å². The fourth-order valence-corrected chi connectivity index (χ4v) is 3.69. The fourth-order valence-electron chi connectivity index (χ4n) is 3.69. The Morgan fingerprint density at radius 2 is 1.92 bits per heavy atom. The van der Waals surface area contributed by atoms with Crippen molar-refractivity contribution in [3.05, 3.63) is 35.4 Å². The van der Waals surface area contributed by atoms with Crippen LogP contribution in [0.1, 0.15) is 36.4 Å². The number of methoxy groups -OCH3 is 1. The molecule has 1 aromatic rings. The molecule has 1 aromatic carbocycles. The number of likely N-dealkylation sites (tertiary alicyclic amines) is 1. The highest BCUT2D eigenvalue weighted by atomic mass is 16.5. The second-order valence-corrected chi connectivity index (χ2v) is 6.55. The van der Waals surface area contributed by atoms with Crippen LogP contribution in [-0.4, -0.2) is 55.2 Å². The zero-order chi connectivity index (χ0) is 17.1. The number of piperidine rings is 1. The molecule has 130 valence electrons. The lowest BCUT2D eigenvalue weighted by atomic mass is 10.1. The van der Waals surface area contributed by atoms with Crippen LogP contribution in [0.15, 0.2) is 24.3 Å². The molecule has 1 atom stereocenters. The molecule has 0 spiro atoms. The summed E-state index contributed by atoms with van der Waals surface area (Å²) in [7, 11) is 3.26. The summed E-state index contributed by atoms with van der Waals surface area (Å²) >= 11 is 0. The van der Waals surface area contributed by atoms with E-state index in [1.807, 2.05) is 18.0 Å². The summed E-state index contributed by atoms with van der Waals surface area (Å²) in [6, 6.07) is 8.57. The number of hydrogen-bond acceptors (Lipinski definition) is 3. The molecule has 1 saturated heterocycles. The number of carbonyl (C=O) groups excluding carboxylic acids is 2. The SMILES string of the molecule is COC(=O)N1CCC(NC(=O)N(C)[C@@H]2CCc3ccccc32)CC1. The molecule has 0 unspecified atom stereocenters. The third kappa shape index (κ3) is 3.32. The van der Waals surface area contributed by atoms with Crippen molar-refractivity contribution in [2.24, 2.45) is 0 Å². The fraction of sp³-hybridized carbons (Fsp3) is 0.556. The first-order valence-electron chi connectivity index (χ1n) is 8.54. The van der Waals surface area contributed by atoms with E-state index in [0.29, 0.717) is 13.1 Å². The number of hydrogen-bond donors (Lipinski definition) is 1. The smallest absolute Gasteiger partial charge is 0.409 e. The van der Waals surface area contributed by atoms with Gasteiger partial charge in [0.15, 0.2) is 0 Å². The van der Waals surface area contributed by atoms with Crippen molar-refractivity contribution >= 4 is 12.1 Å². The molecule has 1 fully saturated rings. The number of amides is 3. The van der Waals surface area contributed by atoms with E-state index in [4.69, 9.17) is 4.74 Å². The number of rotatable bonds is 2. The number of aryl methyl sites for hydroxylation is 1. The zero-order valence-corrected chi connectivity index (χ0v) is 14.3. The lowest BCUT2D eigenvalue weighted by Crippen LogP contribution is -2.49. The number of fused-ring (bicyclic) bond motifs is 1. The van der Waals surface area contributed by atoms with Crippen molar-refractivity contribution in [3.63, 3.8) is 0 Å². The van der Waals surface area contributed by atoms with Gasteiger partial charge < -0.3 is 19.9 Å². The summed E-state index contributed by atoms with van der Waals surface area (Å²) in [6.07, 6.45) is 3.23. The Kier molecular flexibility index (Phi) is 4.92. The van der Waals surface area contributed by atoms with E-state index < -0.39 is 0 Å². The first kappa shape index (κ1) is 16.6. The molecule has 3 amide bonds. The predicted molar refractivity (Wildman–Crippen MR) is 90.8 cm³/mol. The van der Waals surface area contributed by atoms with Crippen molar-refractivity contribution in [2.45, 2.75) is 37.8 Å². The van der Waals surface area contributed by atoms with Gasteiger partial charge in [-0.15, -0.1) is 0 Å². The van der Waals surface area contributed by atoms with Crippen molar-refractivity contribution in [1.29, 1.82) is 0 Å². The summed E-state index contributed by atoms with van der Waals surface area (Å²) in [5.41, 5.74) is 2.60. The molecule has 3 rings (SSSR count). The monoisotopic (exact) mass is 331 g/mol. The molecule has 1 N–H and O–H groups in total. The number of carbonyl (C=O) groups is 2. The maximum Gasteiger partial charge on any atom is 0.409 e. The second-order valence-electron chi connectivity index (χ2n) is 6.55.